The second kappa shape index (κ2) is 7.84. The van der Waals surface area contributed by atoms with Crippen LogP contribution >= 0.6 is 0 Å². The summed E-state index contributed by atoms with van der Waals surface area (Å²) in [5.74, 6) is 0. The maximum absolute atomic E-state index is 2.41. The molecule has 0 aliphatic heterocycles. The molecule has 0 nitrogen and oxygen atoms in total. The Bertz CT molecular complexity index is 186. The van der Waals surface area contributed by atoms with Crippen LogP contribution in [0.5, 0.6) is 0 Å². The molecular weight excluding hydrogens is 168 g/mol. The number of hydrogen-bond acceptors (Lipinski definition) is 0. The van der Waals surface area contributed by atoms with Gasteiger partial charge in [-0.25, -0.2) is 0 Å². The van der Waals surface area contributed by atoms with Crippen molar-refractivity contribution in [1.29, 1.82) is 0 Å². The van der Waals surface area contributed by atoms with E-state index in [9.17, 15) is 0 Å². The number of hydrogen-bond donors (Lipinski definition) is 0. The SMILES string of the molecule is CCCCCCCCC1=CCCC=C1. The van der Waals surface area contributed by atoms with Crippen LogP contribution in [0.1, 0.15) is 64.7 Å². The first-order valence-corrected chi connectivity index (χ1v) is 6.29. The molecule has 0 saturated carbocycles. The highest BCUT2D eigenvalue weighted by atomic mass is 14.0. The van der Waals surface area contributed by atoms with Gasteiger partial charge in [0, 0.05) is 0 Å². The van der Waals surface area contributed by atoms with Gasteiger partial charge in [0.1, 0.15) is 0 Å². The van der Waals surface area contributed by atoms with Crippen molar-refractivity contribution >= 4 is 0 Å². The van der Waals surface area contributed by atoms with Crippen LogP contribution in [0.2, 0.25) is 0 Å². The summed E-state index contributed by atoms with van der Waals surface area (Å²) >= 11 is 0. The molecule has 0 aromatic heterocycles. The lowest BCUT2D eigenvalue weighted by Gasteiger charge is -2.06. The van der Waals surface area contributed by atoms with Gasteiger partial charge in [0.15, 0.2) is 0 Å². The van der Waals surface area contributed by atoms with Gasteiger partial charge in [-0.1, -0.05) is 62.8 Å². The molecule has 0 radical (unpaired) electrons. The molecule has 1 aliphatic rings. The van der Waals surface area contributed by atoms with Gasteiger partial charge in [-0.05, 0) is 25.7 Å². The van der Waals surface area contributed by atoms with E-state index in [0.29, 0.717) is 0 Å². The van der Waals surface area contributed by atoms with Crippen molar-refractivity contribution in [3.05, 3.63) is 23.8 Å². The van der Waals surface area contributed by atoms with Crippen LogP contribution < -0.4 is 0 Å². The molecule has 80 valence electrons. The Morgan fingerprint density at radius 1 is 1.00 bits per heavy atom. The smallest absolute Gasteiger partial charge is 0.0282 e. The van der Waals surface area contributed by atoms with E-state index in [1.807, 2.05) is 0 Å². The second-order valence-electron chi connectivity index (χ2n) is 4.28. The molecular formula is C14H24. The Kier molecular flexibility index (Phi) is 6.47. The summed E-state index contributed by atoms with van der Waals surface area (Å²) in [7, 11) is 0. The highest BCUT2D eigenvalue weighted by Gasteiger charge is 1.97. The Labute approximate surface area is 89.1 Å². The topological polar surface area (TPSA) is 0 Å². The van der Waals surface area contributed by atoms with Gasteiger partial charge in [0.25, 0.3) is 0 Å². The minimum absolute atomic E-state index is 1.25. The lowest BCUT2D eigenvalue weighted by molar-refractivity contribution is 0.607. The largest absolute Gasteiger partial charge is 0.0840 e. The molecule has 0 fully saturated rings. The van der Waals surface area contributed by atoms with Crippen molar-refractivity contribution in [2.75, 3.05) is 0 Å². The van der Waals surface area contributed by atoms with Gasteiger partial charge in [-0.15, -0.1) is 0 Å². The summed E-state index contributed by atoms with van der Waals surface area (Å²) in [5.41, 5.74) is 1.58. The molecule has 0 heteroatoms. The summed E-state index contributed by atoms with van der Waals surface area (Å²) < 4.78 is 0. The summed E-state index contributed by atoms with van der Waals surface area (Å²) in [6, 6.07) is 0. The summed E-state index contributed by atoms with van der Waals surface area (Å²) in [6.07, 6.45) is 19.3. The predicted molar refractivity (Wildman–Crippen MR) is 64.5 cm³/mol. The van der Waals surface area contributed by atoms with E-state index >= 15 is 0 Å². The van der Waals surface area contributed by atoms with Crippen LogP contribution in [-0.4, -0.2) is 0 Å². The molecule has 0 amide bonds. The van der Waals surface area contributed by atoms with E-state index in [4.69, 9.17) is 0 Å². The van der Waals surface area contributed by atoms with Crippen LogP contribution in [0.3, 0.4) is 0 Å². The van der Waals surface area contributed by atoms with Crippen LogP contribution in [0.15, 0.2) is 23.8 Å². The molecule has 0 saturated heterocycles. The van der Waals surface area contributed by atoms with E-state index in [0.717, 1.165) is 0 Å². The quantitative estimate of drug-likeness (QED) is 0.497. The fraction of sp³-hybridized carbons (Fsp3) is 0.714. The molecule has 0 spiro atoms. The van der Waals surface area contributed by atoms with Crippen molar-refractivity contribution in [1.82, 2.24) is 0 Å². The highest BCUT2D eigenvalue weighted by Crippen LogP contribution is 2.17. The van der Waals surface area contributed by atoms with Crippen molar-refractivity contribution < 1.29 is 0 Å². The first-order valence-electron chi connectivity index (χ1n) is 6.29. The van der Waals surface area contributed by atoms with E-state index in [1.165, 1.54) is 57.8 Å². The van der Waals surface area contributed by atoms with Crippen molar-refractivity contribution in [3.63, 3.8) is 0 Å². The first-order chi connectivity index (χ1) is 6.93. The molecule has 0 unspecified atom stereocenters. The number of rotatable bonds is 7. The van der Waals surface area contributed by atoms with Gasteiger partial charge >= 0.3 is 0 Å². The van der Waals surface area contributed by atoms with E-state index in [1.54, 1.807) is 5.57 Å². The van der Waals surface area contributed by atoms with Crippen molar-refractivity contribution in [2.45, 2.75) is 64.7 Å². The van der Waals surface area contributed by atoms with E-state index < -0.39 is 0 Å². The van der Waals surface area contributed by atoms with Gasteiger partial charge in [0.05, 0.1) is 0 Å². The molecule has 1 aliphatic carbocycles. The Morgan fingerprint density at radius 3 is 2.50 bits per heavy atom. The normalized spacial score (nSPS) is 15.6. The van der Waals surface area contributed by atoms with Crippen LogP contribution in [0.25, 0.3) is 0 Å². The number of unbranched alkanes of at least 4 members (excludes halogenated alkanes) is 5. The molecule has 0 aromatic carbocycles. The minimum atomic E-state index is 1.25. The van der Waals surface area contributed by atoms with Crippen LogP contribution in [0.4, 0.5) is 0 Å². The Balaban J connectivity index is 1.93. The molecule has 0 bridgehead atoms. The summed E-state index contributed by atoms with van der Waals surface area (Å²) in [6.45, 7) is 2.28. The highest BCUT2D eigenvalue weighted by molar-refractivity contribution is 5.21. The van der Waals surface area contributed by atoms with Crippen LogP contribution in [-0.2, 0) is 0 Å². The van der Waals surface area contributed by atoms with Crippen molar-refractivity contribution in [2.24, 2.45) is 0 Å². The maximum atomic E-state index is 2.41. The molecule has 1 rings (SSSR count). The first kappa shape index (κ1) is 11.6. The summed E-state index contributed by atoms with van der Waals surface area (Å²) in [5, 5.41) is 0. The lowest BCUT2D eigenvalue weighted by Crippen LogP contribution is -1.86. The second-order valence-corrected chi connectivity index (χ2v) is 4.28. The fourth-order valence-electron chi connectivity index (χ4n) is 1.96. The predicted octanol–water partition coefficient (Wildman–Crippen LogP) is 5.01. The van der Waals surface area contributed by atoms with E-state index in [-0.39, 0.29) is 0 Å². The van der Waals surface area contributed by atoms with Gasteiger partial charge in [0.2, 0.25) is 0 Å². The zero-order chi connectivity index (χ0) is 10.1. The maximum Gasteiger partial charge on any atom is -0.0282 e. The average Bonchev–Trinajstić information content (AvgIpc) is 2.25. The molecule has 0 atom stereocenters. The van der Waals surface area contributed by atoms with Crippen molar-refractivity contribution in [3.8, 4) is 0 Å². The number of allylic oxidation sites excluding steroid dienone is 4. The van der Waals surface area contributed by atoms with Gasteiger partial charge in [-0.2, -0.15) is 0 Å². The minimum Gasteiger partial charge on any atom is -0.0840 e. The average molecular weight is 192 g/mol. The fourth-order valence-corrected chi connectivity index (χ4v) is 1.96. The monoisotopic (exact) mass is 192 g/mol. The molecule has 0 heterocycles. The zero-order valence-electron chi connectivity index (χ0n) is 9.60. The molecule has 0 N–H and O–H groups in total. The lowest BCUT2D eigenvalue weighted by atomic mass is 10.0. The Morgan fingerprint density at radius 2 is 1.79 bits per heavy atom. The van der Waals surface area contributed by atoms with Crippen LogP contribution in [0, 0.1) is 0 Å². The van der Waals surface area contributed by atoms with E-state index in [2.05, 4.69) is 25.2 Å². The standard InChI is InChI=1S/C14H24/c1-2-3-4-5-6-8-11-14-12-9-7-10-13-14/h9,12-13H,2-8,10-11H2,1H3. The van der Waals surface area contributed by atoms with Gasteiger partial charge in [-0.3, -0.25) is 0 Å². The summed E-state index contributed by atoms with van der Waals surface area (Å²) in [4.78, 5) is 0. The third-order valence-corrected chi connectivity index (χ3v) is 2.89. The third-order valence-electron chi connectivity index (χ3n) is 2.89. The van der Waals surface area contributed by atoms with Gasteiger partial charge < -0.3 is 0 Å². The molecule has 0 aromatic rings. The molecule has 14 heavy (non-hydrogen) atoms. The zero-order valence-corrected chi connectivity index (χ0v) is 9.60. The Hall–Kier alpha value is -0.520. The third kappa shape index (κ3) is 5.26.